The van der Waals surface area contributed by atoms with Crippen LogP contribution < -0.4 is 10.1 Å². The number of carbonyl (C=O) groups is 3. The van der Waals surface area contributed by atoms with Crippen LogP contribution in [0.5, 0.6) is 5.75 Å². The van der Waals surface area contributed by atoms with E-state index in [4.69, 9.17) is 18.6 Å². The van der Waals surface area contributed by atoms with Crippen molar-refractivity contribution in [2.75, 3.05) is 40.5 Å². The lowest BCUT2D eigenvalue weighted by atomic mass is 9.83. The number of aliphatic hydroxyl groups is 1. The molecule has 0 spiro atoms. The molecule has 12 heteroatoms. The molecule has 0 bridgehead atoms. The number of likely N-dealkylation sites (N-methyl/N-ethyl adjacent to an activating group) is 1. The molecule has 57 heavy (non-hydrogen) atoms. The molecule has 1 aromatic carbocycles. The minimum atomic E-state index is -2.48. The number of nitrogens with one attached hydrogen (secondary N) is 1. The summed E-state index contributed by atoms with van der Waals surface area (Å²) < 4.78 is 24.0. The number of amides is 2. The van der Waals surface area contributed by atoms with E-state index in [0.29, 0.717) is 25.4 Å². The van der Waals surface area contributed by atoms with Gasteiger partial charge in [0.1, 0.15) is 18.4 Å². The molecular formula is C45H74N2O9Si. The SMILES string of the molecule is CC#CCOc1ccc(C[C@H](NC(=O)[C@@H](/C=C/CCCCCCC2(CCCCCCC)OCCO2)[C@@](O)(CCO[Si](C)(C)C(C)(C)C)C(=O)O)C(=O)N(C)C)cc1. The van der Waals surface area contributed by atoms with Crippen LogP contribution >= 0.6 is 0 Å². The molecule has 322 valence electrons. The van der Waals surface area contributed by atoms with Crippen molar-refractivity contribution in [3.8, 4) is 17.6 Å². The Labute approximate surface area is 344 Å². The van der Waals surface area contributed by atoms with Crippen LogP contribution in [0, 0.1) is 17.8 Å². The zero-order chi connectivity index (χ0) is 42.5. The lowest BCUT2D eigenvalue weighted by molar-refractivity contribution is -0.168. The van der Waals surface area contributed by atoms with Crippen LogP contribution in [0.1, 0.15) is 124 Å². The zero-order valence-electron chi connectivity index (χ0n) is 36.5. The standard InChI is InChI=1S/C45H74N2O9Si/c1-10-12-14-18-21-28-44(54-33-34-55-44)29-22-19-16-15-17-20-23-38(45(52,42(50)51)30-32-56-57(8,9)43(3,4)5)40(48)46-39(41(49)47(6)7)35-36-24-26-37(27-25-36)53-31-13-11-2/h20,23-27,38-39,52H,10,12,14-19,21-22,28-35H2,1-9H3,(H,46,48)(H,50,51)/b23-20+/t38-,39+,45+/m1/s1. The second-order valence-electron chi connectivity index (χ2n) is 17.1. The second kappa shape index (κ2) is 24.6. The fraction of sp³-hybridized carbons (Fsp3) is 0.711. The van der Waals surface area contributed by atoms with Crippen molar-refractivity contribution in [2.45, 2.75) is 160 Å². The van der Waals surface area contributed by atoms with Crippen molar-refractivity contribution in [3.05, 3.63) is 42.0 Å². The zero-order valence-corrected chi connectivity index (χ0v) is 37.5. The number of nitrogens with zero attached hydrogens (tertiary/aromatic N) is 1. The molecule has 2 amide bonds. The summed E-state index contributed by atoms with van der Waals surface area (Å²) in [5.74, 6) is 1.65. The summed E-state index contributed by atoms with van der Waals surface area (Å²) in [4.78, 5) is 41.9. The summed E-state index contributed by atoms with van der Waals surface area (Å²) in [6, 6.07) is 6.14. The van der Waals surface area contributed by atoms with E-state index in [9.17, 15) is 24.6 Å². The topological polar surface area (TPSA) is 144 Å². The third-order valence-corrected chi connectivity index (χ3v) is 15.8. The van der Waals surface area contributed by atoms with Gasteiger partial charge in [-0.2, -0.15) is 0 Å². The van der Waals surface area contributed by atoms with Gasteiger partial charge in [-0.05, 0) is 68.4 Å². The van der Waals surface area contributed by atoms with E-state index in [1.807, 2.05) is 12.1 Å². The van der Waals surface area contributed by atoms with E-state index in [2.05, 4.69) is 57.9 Å². The second-order valence-corrected chi connectivity index (χ2v) is 21.9. The number of unbranched alkanes of at least 4 members (excludes halogenated alkanes) is 8. The number of benzene rings is 1. The minimum absolute atomic E-state index is 0.0388. The van der Waals surface area contributed by atoms with Crippen LogP contribution in [0.15, 0.2) is 36.4 Å². The first-order valence-electron chi connectivity index (χ1n) is 21.1. The van der Waals surface area contributed by atoms with Gasteiger partial charge in [-0.15, -0.1) is 5.92 Å². The molecule has 1 fully saturated rings. The van der Waals surface area contributed by atoms with Gasteiger partial charge in [0.05, 0.1) is 19.1 Å². The van der Waals surface area contributed by atoms with Gasteiger partial charge in [0.25, 0.3) is 0 Å². The number of carboxylic acid groups (broad SMARTS) is 1. The maximum atomic E-state index is 14.2. The van der Waals surface area contributed by atoms with Crippen LogP contribution in [0.3, 0.4) is 0 Å². The fourth-order valence-electron chi connectivity index (χ4n) is 6.61. The van der Waals surface area contributed by atoms with Crippen molar-refractivity contribution in [3.63, 3.8) is 0 Å². The number of aliphatic carboxylic acids is 1. The van der Waals surface area contributed by atoms with Crippen molar-refractivity contribution < 1.29 is 43.2 Å². The summed E-state index contributed by atoms with van der Waals surface area (Å²) >= 11 is 0. The van der Waals surface area contributed by atoms with Gasteiger partial charge in [-0.25, -0.2) is 4.79 Å². The average Bonchev–Trinajstić information content (AvgIpc) is 3.62. The van der Waals surface area contributed by atoms with Crippen LogP contribution in [0.2, 0.25) is 18.1 Å². The Balaban J connectivity index is 2.20. The predicted octanol–water partition coefficient (Wildman–Crippen LogP) is 8.05. The molecule has 0 radical (unpaired) electrons. The molecule has 3 N–H and O–H groups in total. The minimum Gasteiger partial charge on any atom is -0.481 e. The summed E-state index contributed by atoms with van der Waals surface area (Å²) in [5.41, 5.74) is -1.72. The maximum absolute atomic E-state index is 14.2. The Hall–Kier alpha value is -3.21. The molecule has 1 aromatic rings. The quantitative estimate of drug-likeness (QED) is 0.0348. The van der Waals surface area contributed by atoms with Crippen LogP contribution in [0.25, 0.3) is 0 Å². The Morgan fingerprint density at radius 1 is 0.982 bits per heavy atom. The van der Waals surface area contributed by atoms with Gasteiger partial charge in [-0.3, -0.25) is 9.59 Å². The Kier molecular flexibility index (Phi) is 21.6. The Bertz CT molecular complexity index is 1460. The monoisotopic (exact) mass is 815 g/mol. The molecule has 0 unspecified atom stereocenters. The van der Waals surface area contributed by atoms with E-state index in [-0.39, 0.29) is 37.0 Å². The number of allylic oxidation sites excluding steroid dienone is 1. The number of hydrogen-bond donors (Lipinski definition) is 3. The van der Waals surface area contributed by atoms with E-state index >= 15 is 0 Å². The van der Waals surface area contributed by atoms with Gasteiger partial charge in [-0.1, -0.05) is 96.4 Å². The summed E-state index contributed by atoms with van der Waals surface area (Å²) in [5, 5.41) is 25.0. The number of carboxylic acids is 1. The van der Waals surface area contributed by atoms with Gasteiger partial charge < -0.3 is 39.1 Å². The largest absolute Gasteiger partial charge is 0.481 e. The highest BCUT2D eigenvalue weighted by molar-refractivity contribution is 6.74. The van der Waals surface area contributed by atoms with Gasteiger partial charge in [0.15, 0.2) is 19.7 Å². The Morgan fingerprint density at radius 3 is 2.12 bits per heavy atom. The summed E-state index contributed by atoms with van der Waals surface area (Å²) in [6.45, 7) is 15.8. The van der Waals surface area contributed by atoms with Gasteiger partial charge in [0.2, 0.25) is 11.8 Å². The predicted molar refractivity (Wildman–Crippen MR) is 228 cm³/mol. The summed E-state index contributed by atoms with van der Waals surface area (Å²) in [7, 11) is 0.903. The first kappa shape index (κ1) is 49.9. The van der Waals surface area contributed by atoms with Crippen LogP contribution in [-0.4, -0.2) is 99.2 Å². The first-order chi connectivity index (χ1) is 26.9. The number of rotatable bonds is 27. The highest BCUT2D eigenvalue weighted by atomic mass is 28.4. The molecule has 1 heterocycles. The van der Waals surface area contributed by atoms with Crippen molar-refractivity contribution >= 4 is 26.1 Å². The third-order valence-electron chi connectivity index (χ3n) is 11.3. The molecule has 11 nitrogen and oxygen atoms in total. The highest BCUT2D eigenvalue weighted by Crippen LogP contribution is 2.37. The van der Waals surface area contributed by atoms with Crippen molar-refractivity contribution in [1.29, 1.82) is 0 Å². The molecule has 0 saturated carbocycles. The molecule has 0 aliphatic carbocycles. The number of hydrogen-bond acceptors (Lipinski definition) is 8. The average molecular weight is 815 g/mol. The molecular weight excluding hydrogens is 741 g/mol. The number of ether oxygens (including phenoxy) is 3. The lowest BCUT2D eigenvalue weighted by Crippen LogP contribution is -2.56. The van der Waals surface area contributed by atoms with Crippen molar-refractivity contribution in [2.24, 2.45) is 5.92 Å². The molecule has 1 aliphatic rings. The highest BCUT2D eigenvalue weighted by Gasteiger charge is 2.48. The smallest absolute Gasteiger partial charge is 0.336 e. The molecule has 0 aromatic heterocycles. The normalized spacial score (nSPS) is 16.3. The molecule has 1 aliphatic heterocycles. The van der Waals surface area contributed by atoms with E-state index in [1.165, 1.54) is 36.7 Å². The Morgan fingerprint density at radius 2 is 1.58 bits per heavy atom. The van der Waals surface area contributed by atoms with Crippen LogP contribution in [-0.2, 0) is 34.7 Å². The van der Waals surface area contributed by atoms with E-state index in [1.54, 1.807) is 39.2 Å². The van der Waals surface area contributed by atoms with Gasteiger partial charge in [0, 0.05) is 46.4 Å². The molecule has 3 atom stereocenters. The third kappa shape index (κ3) is 16.9. The molecule has 1 saturated heterocycles. The van der Waals surface area contributed by atoms with E-state index < -0.39 is 43.5 Å². The maximum Gasteiger partial charge on any atom is 0.336 e. The lowest BCUT2D eigenvalue weighted by Gasteiger charge is -2.37. The summed E-state index contributed by atoms with van der Waals surface area (Å²) in [6.07, 6.45) is 15.2. The number of carbonyl (C=O) groups excluding carboxylic acids is 2. The van der Waals surface area contributed by atoms with Crippen molar-refractivity contribution in [1.82, 2.24) is 10.2 Å². The van der Waals surface area contributed by atoms with E-state index in [0.717, 1.165) is 50.5 Å². The first-order valence-corrected chi connectivity index (χ1v) is 24.0. The van der Waals surface area contributed by atoms with Gasteiger partial charge >= 0.3 is 5.97 Å². The fourth-order valence-corrected chi connectivity index (χ4v) is 7.66. The van der Waals surface area contributed by atoms with Crippen LogP contribution in [0.4, 0.5) is 0 Å². The molecule has 2 rings (SSSR count).